The summed E-state index contributed by atoms with van der Waals surface area (Å²) in [5, 5.41) is 0. The quantitative estimate of drug-likeness (QED) is 0.690. The Morgan fingerprint density at radius 2 is 1.88 bits per heavy atom. The van der Waals surface area contributed by atoms with Gasteiger partial charge in [0, 0.05) is 38.3 Å². The first-order valence-electron chi connectivity index (χ1n) is 11.1. The van der Waals surface area contributed by atoms with Gasteiger partial charge in [-0.15, -0.1) is 0 Å². The van der Waals surface area contributed by atoms with Crippen molar-refractivity contribution in [3.05, 3.63) is 47.0 Å². The number of amides is 2. The Balaban J connectivity index is 1.35. The first kappa shape index (κ1) is 22.0. The van der Waals surface area contributed by atoms with Crippen LogP contribution in [0, 0.1) is 13.8 Å². The number of likely N-dealkylation sites (tertiary alicyclic amines) is 2. The number of aryl methyl sites for hydroxylation is 2. The molecule has 0 radical (unpaired) electrons. The Kier molecular flexibility index (Phi) is 6.58. The summed E-state index contributed by atoms with van der Waals surface area (Å²) >= 11 is 0. The molecule has 1 atom stereocenters. The molecule has 1 aromatic carbocycles. The van der Waals surface area contributed by atoms with Crippen LogP contribution in [0.4, 0.5) is 0 Å². The summed E-state index contributed by atoms with van der Waals surface area (Å²) in [6.07, 6.45) is 4.54. The van der Waals surface area contributed by atoms with Crippen LogP contribution in [0.1, 0.15) is 52.6 Å². The molecule has 3 heterocycles. The highest BCUT2D eigenvalue weighted by Gasteiger charge is 2.30. The number of rotatable bonds is 6. The Hall–Kier alpha value is -3.16. The van der Waals surface area contributed by atoms with Crippen molar-refractivity contribution in [3.8, 4) is 11.5 Å². The second-order valence-electron chi connectivity index (χ2n) is 8.49. The predicted molar refractivity (Wildman–Crippen MR) is 119 cm³/mol. The Bertz CT molecular complexity index is 1000. The lowest BCUT2D eigenvalue weighted by Crippen LogP contribution is -2.33. The summed E-state index contributed by atoms with van der Waals surface area (Å²) < 4.78 is 11.1. The van der Waals surface area contributed by atoms with Crippen LogP contribution in [0.5, 0.6) is 11.5 Å². The van der Waals surface area contributed by atoms with E-state index in [1.54, 1.807) is 18.2 Å². The van der Waals surface area contributed by atoms with Crippen molar-refractivity contribution in [1.82, 2.24) is 19.8 Å². The van der Waals surface area contributed by atoms with Gasteiger partial charge in [0.15, 0.2) is 18.1 Å². The number of methoxy groups -OCH3 is 1. The monoisotopic (exact) mass is 438 g/mol. The molecular weight excluding hydrogens is 408 g/mol. The number of nitrogens with zero attached hydrogens (tertiary/aromatic N) is 4. The van der Waals surface area contributed by atoms with Gasteiger partial charge in [0.1, 0.15) is 5.82 Å². The first-order chi connectivity index (χ1) is 15.5. The van der Waals surface area contributed by atoms with Crippen molar-refractivity contribution in [3.63, 3.8) is 0 Å². The van der Waals surface area contributed by atoms with Crippen LogP contribution in [0.15, 0.2) is 24.4 Å². The summed E-state index contributed by atoms with van der Waals surface area (Å²) in [5.41, 5.74) is 2.33. The van der Waals surface area contributed by atoms with Crippen LogP contribution in [0.3, 0.4) is 0 Å². The Morgan fingerprint density at radius 3 is 2.59 bits per heavy atom. The third-order valence-corrected chi connectivity index (χ3v) is 6.20. The van der Waals surface area contributed by atoms with Crippen LogP contribution in [0.2, 0.25) is 0 Å². The van der Waals surface area contributed by atoms with Crippen molar-refractivity contribution in [2.75, 3.05) is 39.9 Å². The minimum atomic E-state index is -0.0762. The summed E-state index contributed by atoms with van der Waals surface area (Å²) in [6, 6.07) is 5.62. The molecule has 2 aromatic rings. The van der Waals surface area contributed by atoms with E-state index in [0.29, 0.717) is 41.7 Å². The Morgan fingerprint density at radius 1 is 1.09 bits per heavy atom. The zero-order valence-electron chi connectivity index (χ0n) is 19.0. The van der Waals surface area contributed by atoms with Gasteiger partial charge >= 0.3 is 0 Å². The predicted octanol–water partition coefficient (Wildman–Crippen LogP) is 2.73. The van der Waals surface area contributed by atoms with Crippen LogP contribution < -0.4 is 9.47 Å². The molecule has 0 bridgehead atoms. The fourth-order valence-electron chi connectivity index (χ4n) is 4.30. The summed E-state index contributed by atoms with van der Waals surface area (Å²) in [5.74, 6) is 1.86. The lowest BCUT2D eigenvalue weighted by molar-refractivity contribution is -0.132. The lowest BCUT2D eigenvalue weighted by atomic mass is 10.1. The van der Waals surface area contributed by atoms with E-state index in [1.807, 2.05) is 36.9 Å². The molecule has 1 aromatic heterocycles. The van der Waals surface area contributed by atoms with Crippen molar-refractivity contribution in [2.24, 2.45) is 0 Å². The largest absolute Gasteiger partial charge is 0.493 e. The van der Waals surface area contributed by atoms with E-state index in [1.165, 1.54) is 0 Å². The SMILES string of the molecule is COc1cc(C)ccc1OCC(=O)N1CCC(c2ncc(C(=O)N3CCCC3)c(C)n2)C1. The maximum absolute atomic E-state index is 12.7. The van der Waals surface area contributed by atoms with Gasteiger partial charge in [0.25, 0.3) is 11.8 Å². The highest BCUT2D eigenvalue weighted by Crippen LogP contribution is 2.29. The van der Waals surface area contributed by atoms with Crippen molar-refractivity contribution < 1.29 is 19.1 Å². The van der Waals surface area contributed by atoms with E-state index in [0.717, 1.165) is 37.9 Å². The third kappa shape index (κ3) is 4.69. The molecule has 0 aliphatic carbocycles. The van der Waals surface area contributed by atoms with Crippen molar-refractivity contribution in [2.45, 2.75) is 39.0 Å². The van der Waals surface area contributed by atoms with E-state index in [9.17, 15) is 9.59 Å². The number of benzene rings is 1. The van der Waals surface area contributed by atoms with E-state index in [2.05, 4.69) is 9.97 Å². The minimum absolute atomic E-state index is 0.0125. The average Bonchev–Trinajstić information content (AvgIpc) is 3.50. The smallest absolute Gasteiger partial charge is 0.260 e. The number of hydrogen-bond donors (Lipinski definition) is 0. The summed E-state index contributed by atoms with van der Waals surface area (Å²) in [4.78, 5) is 38.1. The molecule has 2 fully saturated rings. The molecule has 0 spiro atoms. The van der Waals surface area contributed by atoms with Crippen molar-refractivity contribution >= 4 is 11.8 Å². The van der Waals surface area contributed by atoms with Crippen LogP contribution in [-0.4, -0.2) is 71.5 Å². The van der Waals surface area contributed by atoms with E-state index in [4.69, 9.17) is 9.47 Å². The summed E-state index contributed by atoms with van der Waals surface area (Å²) in [6.45, 7) is 6.57. The summed E-state index contributed by atoms with van der Waals surface area (Å²) in [7, 11) is 1.58. The number of carbonyl (C=O) groups is 2. The normalized spacial score (nSPS) is 18.2. The lowest BCUT2D eigenvalue weighted by Gasteiger charge is -2.18. The van der Waals surface area contributed by atoms with Gasteiger partial charge in [-0.2, -0.15) is 0 Å². The van der Waals surface area contributed by atoms with E-state index < -0.39 is 0 Å². The number of carbonyl (C=O) groups excluding carboxylic acids is 2. The maximum atomic E-state index is 12.7. The fraction of sp³-hybridized carbons (Fsp3) is 0.500. The maximum Gasteiger partial charge on any atom is 0.260 e. The molecule has 8 nitrogen and oxygen atoms in total. The molecular formula is C24H30N4O4. The van der Waals surface area contributed by atoms with Crippen molar-refractivity contribution in [1.29, 1.82) is 0 Å². The highest BCUT2D eigenvalue weighted by atomic mass is 16.5. The fourth-order valence-corrected chi connectivity index (χ4v) is 4.30. The molecule has 2 aliphatic heterocycles. The van der Waals surface area contributed by atoms with Gasteiger partial charge in [-0.05, 0) is 50.8 Å². The molecule has 8 heteroatoms. The standard InChI is InChI=1S/C24H30N4O4/c1-16-6-7-20(21(12-16)31-3)32-15-22(29)28-11-8-18(14-28)23-25-13-19(17(2)26-23)24(30)27-9-4-5-10-27/h6-7,12-13,18H,4-5,8-11,14-15H2,1-3H3. The molecule has 4 rings (SSSR count). The second kappa shape index (κ2) is 9.54. The van der Waals surface area contributed by atoms with Crippen LogP contribution >= 0.6 is 0 Å². The number of hydrogen-bond acceptors (Lipinski definition) is 6. The van der Waals surface area contributed by atoms with Crippen LogP contribution in [0.25, 0.3) is 0 Å². The van der Waals surface area contributed by atoms with Crippen LogP contribution in [-0.2, 0) is 4.79 Å². The van der Waals surface area contributed by atoms with E-state index in [-0.39, 0.29) is 24.3 Å². The number of aromatic nitrogens is 2. The second-order valence-corrected chi connectivity index (χ2v) is 8.49. The van der Waals surface area contributed by atoms with Gasteiger partial charge in [-0.1, -0.05) is 6.07 Å². The molecule has 1 unspecified atom stereocenters. The minimum Gasteiger partial charge on any atom is -0.493 e. The molecule has 2 saturated heterocycles. The molecule has 32 heavy (non-hydrogen) atoms. The van der Waals surface area contributed by atoms with Gasteiger partial charge in [0.2, 0.25) is 0 Å². The van der Waals surface area contributed by atoms with Gasteiger partial charge in [-0.3, -0.25) is 9.59 Å². The van der Waals surface area contributed by atoms with Gasteiger partial charge < -0.3 is 19.3 Å². The molecule has 0 saturated carbocycles. The van der Waals surface area contributed by atoms with Gasteiger partial charge in [0.05, 0.1) is 18.4 Å². The molecule has 0 N–H and O–H groups in total. The van der Waals surface area contributed by atoms with Gasteiger partial charge in [-0.25, -0.2) is 9.97 Å². The average molecular weight is 439 g/mol. The topological polar surface area (TPSA) is 84.9 Å². The van der Waals surface area contributed by atoms with E-state index >= 15 is 0 Å². The zero-order valence-corrected chi connectivity index (χ0v) is 19.0. The molecule has 2 amide bonds. The molecule has 2 aliphatic rings. The Labute approximate surface area is 188 Å². The molecule has 170 valence electrons. The first-order valence-corrected chi connectivity index (χ1v) is 11.1. The third-order valence-electron chi connectivity index (χ3n) is 6.20. The highest BCUT2D eigenvalue weighted by molar-refractivity contribution is 5.95. The number of ether oxygens (including phenoxy) is 2. The zero-order chi connectivity index (χ0) is 22.7.